The van der Waals surface area contributed by atoms with Gasteiger partial charge in [0.2, 0.25) is 10.0 Å². The van der Waals surface area contributed by atoms with Crippen LogP contribution in [-0.4, -0.2) is 24.1 Å². The van der Waals surface area contributed by atoms with E-state index in [0.717, 1.165) is 22.3 Å². The minimum atomic E-state index is -3.81. The third kappa shape index (κ3) is 3.12. The normalized spacial score (nSPS) is 18.3. The molecule has 0 spiro atoms. The van der Waals surface area contributed by atoms with Gasteiger partial charge in [0.25, 0.3) is 0 Å². The van der Waals surface area contributed by atoms with Gasteiger partial charge in [-0.15, -0.1) is 0 Å². The molecule has 3 N–H and O–H groups in total. The van der Waals surface area contributed by atoms with E-state index in [4.69, 9.17) is 5.14 Å². The standard InChI is InChI=1S/C21H22N2O5S/c1-21(2,3)19-8-14-13-5-4-12(29(22,27)28)6-11(13)7-15(14)17-9-18(24)16(20(25)26)10-23(17)19/h4-6,9-10,19H,7-8H2,1-3H3,(H,25,26)(H2,22,27,28)/t19-/m0/s1. The van der Waals surface area contributed by atoms with Crippen LogP contribution >= 0.6 is 0 Å². The maximum atomic E-state index is 12.4. The van der Waals surface area contributed by atoms with E-state index in [9.17, 15) is 23.1 Å². The number of hydrogen-bond acceptors (Lipinski definition) is 4. The molecule has 7 nitrogen and oxygen atoms in total. The Kier molecular flexibility index (Phi) is 4.15. The van der Waals surface area contributed by atoms with Crippen molar-refractivity contribution in [2.75, 3.05) is 0 Å². The summed E-state index contributed by atoms with van der Waals surface area (Å²) < 4.78 is 25.4. The van der Waals surface area contributed by atoms with Crippen molar-refractivity contribution in [3.8, 4) is 0 Å². The summed E-state index contributed by atoms with van der Waals surface area (Å²) >= 11 is 0. The number of sulfonamides is 1. The van der Waals surface area contributed by atoms with Gasteiger partial charge in [-0.1, -0.05) is 26.8 Å². The molecule has 2 aliphatic rings. The molecule has 29 heavy (non-hydrogen) atoms. The first-order chi connectivity index (χ1) is 13.4. The summed E-state index contributed by atoms with van der Waals surface area (Å²) in [4.78, 5) is 24.0. The predicted molar refractivity (Wildman–Crippen MR) is 109 cm³/mol. The average molecular weight is 414 g/mol. The molecule has 1 atom stereocenters. The number of nitrogens with two attached hydrogens (primary N) is 1. The van der Waals surface area contributed by atoms with E-state index in [-0.39, 0.29) is 21.9 Å². The van der Waals surface area contributed by atoms with Crippen LogP contribution in [0.15, 0.2) is 40.2 Å². The van der Waals surface area contributed by atoms with Crippen molar-refractivity contribution in [2.45, 2.75) is 44.6 Å². The molecule has 0 bridgehead atoms. The number of primary sulfonamides is 1. The molecular weight excluding hydrogens is 392 g/mol. The van der Waals surface area contributed by atoms with Gasteiger partial charge in [-0.05, 0) is 46.2 Å². The second-order valence-corrected chi connectivity index (χ2v) is 10.3. The number of aromatic carboxylic acids is 1. The first-order valence-corrected chi connectivity index (χ1v) is 10.8. The summed E-state index contributed by atoms with van der Waals surface area (Å²) in [5.41, 5.74) is 3.52. The Balaban J connectivity index is 1.94. The van der Waals surface area contributed by atoms with Crippen LogP contribution in [0.2, 0.25) is 0 Å². The van der Waals surface area contributed by atoms with Gasteiger partial charge in [0.05, 0.1) is 4.90 Å². The Bertz CT molecular complexity index is 1260. The van der Waals surface area contributed by atoms with Crippen molar-refractivity contribution in [3.63, 3.8) is 0 Å². The van der Waals surface area contributed by atoms with Crippen LogP contribution in [-0.2, 0) is 16.4 Å². The molecule has 0 unspecified atom stereocenters. The zero-order valence-corrected chi connectivity index (χ0v) is 17.2. The van der Waals surface area contributed by atoms with Gasteiger partial charge < -0.3 is 9.67 Å². The van der Waals surface area contributed by atoms with Crippen LogP contribution in [0.4, 0.5) is 0 Å². The maximum absolute atomic E-state index is 12.4. The first-order valence-electron chi connectivity index (χ1n) is 9.26. The molecule has 2 heterocycles. The predicted octanol–water partition coefficient (Wildman–Crippen LogP) is 2.65. The molecule has 0 amide bonds. The number of fused-ring (bicyclic) bond motifs is 4. The highest BCUT2D eigenvalue weighted by Gasteiger charge is 2.37. The van der Waals surface area contributed by atoms with Crippen LogP contribution in [0.1, 0.15) is 60.4 Å². The summed E-state index contributed by atoms with van der Waals surface area (Å²) in [5, 5.41) is 14.7. The second kappa shape index (κ2) is 6.14. The van der Waals surface area contributed by atoms with E-state index < -0.39 is 21.4 Å². The fourth-order valence-corrected chi connectivity index (χ4v) is 4.92. The van der Waals surface area contributed by atoms with Gasteiger partial charge in [-0.25, -0.2) is 18.4 Å². The molecule has 0 saturated carbocycles. The highest BCUT2D eigenvalue weighted by Crippen LogP contribution is 2.50. The van der Waals surface area contributed by atoms with Crippen molar-refractivity contribution in [1.82, 2.24) is 4.57 Å². The number of carbonyl (C=O) groups is 1. The number of rotatable bonds is 2. The zero-order chi connectivity index (χ0) is 21.3. The molecular formula is C21H22N2O5S. The third-order valence-corrected chi connectivity index (χ3v) is 6.73. The van der Waals surface area contributed by atoms with Gasteiger partial charge >= 0.3 is 5.97 Å². The van der Waals surface area contributed by atoms with Gasteiger partial charge in [0.15, 0.2) is 5.43 Å². The van der Waals surface area contributed by atoms with Crippen LogP contribution in [0.5, 0.6) is 0 Å². The number of carboxylic acid groups (broad SMARTS) is 1. The molecule has 8 heteroatoms. The molecule has 1 aromatic heterocycles. The second-order valence-electron chi connectivity index (χ2n) is 8.73. The first kappa shape index (κ1) is 19.6. The number of nitrogens with zero attached hydrogens (tertiary/aromatic N) is 1. The summed E-state index contributed by atoms with van der Waals surface area (Å²) in [7, 11) is -3.81. The molecule has 0 radical (unpaired) electrons. The van der Waals surface area contributed by atoms with Crippen molar-refractivity contribution in [2.24, 2.45) is 10.6 Å². The number of aromatic nitrogens is 1. The number of benzene rings is 1. The monoisotopic (exact) mass is 414 g/mol. The van der Waals surface area contributed by atoms with Crippen LogP contribution in [0.3, 0.4) is 0 Å². The number of allylic oxidation sites excluding steroid dienone is 2. The van der Waals surface area contributed by atoms with Crippen molar-refractivity contribution < 1.29 is 18.3 Å². The van der Waals surface area contributed by atoms with Gasteiger partial charge in [-0.3, -0.25) is 4.79 Å². The summed E-state index contributed by atoms with van der Waals surface area (Å²) in [5.74, 6) is -1.25. The summed E-state index contributed by atoms with van der Waals surface area (Å²) in [6.45, 7) is 6.22. The topological polar surface area (TPSA) is 119 Å². The lowest BCUT2D eigenvalue weighted by Crippen LogP contribution is -2.32. The Morgan fingerprint density at radius 3 is 2.48 bits per heavy atom. The molecule has 2 aromatic rings. The smallest absolute Gasteiger partial charge is 0.341 e. The third-order valence-electron chi connectivity index (χ3n) is 5.81. The molecule has 0 saturated heterocycles. The van der Waals surface area contributed by atoms with E-state index in [0.29, 0.717) is 18.5 Å². The zero-order valence-electron chi connectivity index (χ0n) is 16.4. The van der Waals surface area contributed by atoms with E-state index in [1.54, 1.807) is 12.1 Å². The largest absolute Gasteiger partial charge is 0.477 e. The average Bonchev–Trinajstić information content (AvgIpc) is 2.96. The summed E-state index contributed by atoms with van der Waals surface area (Å²) in [6.07, 6.45) is 2.57. The van der Waals surface area contributed by atoms with E-state index in [1.165, 1.54) is 18.3 Å². The van der Waals surface area contributed by atoms with Crippen molar-refractivity contribution in [1.29, 1.82) is 0 Å². The Morgan fingerprint density at radius 2 is 1.90 bits per heavy atom. The Hall–Kier alpha value is -2.71. The van der Waals surface area contributed by atoms with Crippen molar-refractivity contribution in [3.05, 3.63) is 63.1 Å². The Morgan fingerprint density at radius 1 is 1.21 bits per heavy atom. The van der Waals surface area contributed by atoms with Gasteiger partial charge in [0, 0.05) is 30.4 Å². The van der Waals surface area contributed by atoms with E-state index in [1.807, 2.05) is 4.57 Å². The molecule has 1 aliphatic heterocycles. The van der Waals surface area contributed by atoms with Crippen LogP contribution in [0.25, 0.3) is 11.1 Å². The van der Waals surface area contributed by atoms with Gasteiger partial charge in [-0.2, -0.15) is 0 Å². The number of pyridine rings is 1. The van der Waals surface area contributed by atoms with Gasteiger partial charge in [0.1, 0.15) is 5.56 Å². The van der Waals surface area contributed by atoms with E-state index in [2.05, 4.69) is 20.8 Å². The number of hydrogen-bond donors (Lipinski definition) is 2. The molecule has 0 fully saturated rings. The van der Waals surface area contributed by atoms with Crippen LogP contribution < -0.4 is 10.6 Å². The molecule has 4 rings (SSSR count). The lowest BCUT2D eigenvalue weighted by molar-refractivity contribution is 0.0693. The minimum absolute atomic E-state index is 0.0567. The summed E-state index contributed by atoms with van der Waals surface area (Å²) in [6, 6.07) is 6.20. The fraction of sp³-hybridized carbons (Fsp3) is 0.333. The lowest BCUT2D eigenvalue weighted by Gasteiger charge is -2.39. The van der Waals surface area contributed by atoms with Crippen LogP contribution in [0, 0.1) is 5.41 Å². The maximum Gasteiger partial charge on any atom is 0.341 e. The van der Waals surface area contributed by atoms with E-state index >= 15 is 0 Å². The Labute approximate surface area is 168 Å². The number of carboxylic acids is 1. The highest BCUT2D eigenvalue weighted by atomic mass is 32.2. The molecule has 1 aliphatic carbocycles. The minimum Gasteiger partial charge on any atom is -0.477 e. The van der Waals surface area contributed by atoms with Crippen molar-refractivity contribution >= 4 is 27.1 Å². The molecule has 1 aromatic carbocycles. The lowest BCUT2D eigenvalue weighted by atomic mass is 9.78. The molecule has 152 valence electrons. The quantitative estimate of drug-likeness (QED) is 0.783. The highest BCUT2D eigenvalue weighted by molar-refractivity contribution is 7.89. The fourth-order valence-electron chi connectivity index (χ4n) is 4.35. The SMILES string of the molecule is CC(C)(C)[C@@H]1CC2=C(Cc3cc(S(N)(=O)=O)ccc32)c2cc(=O)c(C(=O)O)cn21.